The minimum absolute atomic E-state index is 1.07. The molecule has 2 nitrogen and oxygen atoms in total. The fraction of sp³-hybridized carbons (Fsp3) is 0.667. The molecular weight excluding hydrogens is 260 g/mol. The molecule has 0 saturated heterocycles. The molecule has 0 aliphatic heterocycles. The maximum absolute atomic E-state index is 4.08. The topological polar surface area (TPSA) is 25.8 Å². The van der Waals surface area contributed by atoms with Gasteiger partial charge in [-0.3, -0.25) is 0 Å². The quantitative estimate of drug-likeness (QED) is 0.723. The Bertz CT molecular complexity index is 216. The summed E-state index contributed by atoms with van der Waals surface area (Å²) in [5.41, 5.74) is 0. The molecule has 0 atom stereocenters. The van der Waals surface area contributed by atoms with Crippen molar-refractivity contribution in [1.82, 2.24) is 9.59 Å². The van der Waals surface area contributed by atoms with E-state index in [4.69, 9.17) is 0 Å². The van der Waals surface area contributed by atoms with Gasteiger partial charge in [-0.1, -0.05) is 39.9 Å². The second-order valence-electron chi connectivity index (χ2n) is 1.85. The van der Waals surface area contributed by atoms with E-state index in [9.17, 15) is 0 Å². The van der Waals surface area contributed by atoms with Crippen LogP contribution >= 0.6 is 54.7 Å². The third-order valence-corrected chi connectivity index (χ3v) is 7.10. The first kappa shape index (κ1) is 12.0. The van der Waals surface area contributed by atoms with Crippen molar-refractivity contribution in [2.45, 2.75) is 23.1 Å². The Labute approximate surface area is 98.4 Å². The van der Waals surface area contributed by atoms with E-state index in [-0.39, 0.29) is 0 Å². The van der Waals surface area contributed by atoms with Crippen molar-refractivity contribution < 1.29 is 0 Å². The molecule has 0 aliphatic rings. The fourth-order valence-electron chi connectivity index (χ4n) is 0.503. The summed E-state index contributed by atoms with van der Waals surface area (Å²) < 4.78 is 5.19. The van der Waals surface area contributed by atoms with Crippen molar-refractivity contribution in [3.8, 4) is 0 Å². The number of hydrogen-bond acceptors (Lipinski definition) is 7. The first-order chi connectivity index (χ1) is 6.38. The molecule has 1 aromatic heterocycles. The highest BCUT2D eigenvalue weighted by Gasteiger charge is 2.08. The second kappa shape index (κ2) is 7.28. The Morgan fingerprint density at radius 2 is 1.85 bits per heavy atom. The van der Waals surface area contributed by atoms with Gasteiger partial charge in [0.2, 0.25) is 0 Å². The van der Waals surface area contributed by atoms with Crippen LogP contribution < -0.4 is 0 Å². The van der Waals surface area contributed by atoms with Gasteiger partial charge < -0.3 is 0 Å². The standard InChI is InChI=1S/C6H10N2S5/c1-3-9-12-5-6(11-8-7-5)13-10-4-2/h3-4H2,1-2H3. The smallest absolute Gasteiger partial charge is 0.129 e. The van der Waals surface area contributed by atoms with Crippen molar-refractivity contribution in [3.05, 3.63) is 0 Å². The van der Waals surface area contributed by atoms with Crippen LogP contribution in [0.3, 0.4) is 0 Å². The summed E-state index contributed by atoms with van der Waals surface area (Å²) in [6, 6.07) is 0. The van der Waals surface area contributed by atoms with Gasteiger partial charge in [-0.2, -0.15) is 0 Å². The van der Waals surface area contributed by atoms with E-state index >= 15 is 0 Å². The van der Waals surface area contributed by atoms with Crippen molar-refractivity contribution in [3.63, 3.8) is 0 Å². The zero-order chi connectivity index (χ0) is 9.52. The van der Waals surface area contributed by atoms with Gasteiger partial charge in [0.1, 0.15) is 4.21 Å². The predicted molar refractivity (Wildman–Crippen MR) is 67.9 cm³/mol. The number of aromatic nitrogens is 2. The van der Waals surface area contributed by atoms with E-state index in [1.807, 2.05) is 21.6 Å². The third kappa shape index (κ3) is 4.33. The van der Waals surface area contributed by atoms with E-state index in [1.165, 1.54) is 15.7 Å². The van der Waals surface area contributed by atoms with Crippen LogP contribution in [0.5, 0.6) is 0 Å². The average molecular weight is 270 g/mol. The fourth-order valence-corrected chi connectivity index (χ4v) is 5.42. The molecule has 0 unspecified atom stereocenters. The molecule has 0 N–H and O–H groups in total. The average Bonchev–Trinajstić information content (AvgIpc) is 2.59. The van der Waals surface area contributed by atoms with Crippen molar-refractivity contribution in [2.75, 3.05) is 11.5 Å². The Morgan fingerprint density at radius 1 is 1.15 bits per heavy atom. The van der Waals surface area contributed by atoms with Gasteiger partial charge >= 0.3 is 0 Å². The summed E-state index contributed by atoms with van der Waals surface area (Å²) in [6.07, 6.45) is 0. The van der Waals surface area contributed by atoms with Crippen LogP contribution in [0.2, 0.25) is 0 Å². The molecule has 0 aromatic carbocycles. The highest BCUT2D eigenvalue weighted by atomic mass is 33.1. The lowest BCUT2D eigenvalue weighted by Crippen LogP contribution is -1.71. The maximum atomic E-state index is 4.08. The lowest BCUT2D eigenvalue weighted by molar-refractivity contribution is 1.01. The van der Waals surface area contributed by atoms with Gasteiger partial charge in [0.25, 0.3) is 0 Å². The van der Waals surface area contributed by atoms with Gasteiger partial charge in [0, 0.05) is 11.5 Å². The minimum Gasteiger partial charge on any atom is -0.129 e. The molecule has 1 aromatic rings. The summed E-state index contributed by atoms with van der Waals surface area (Å²) in [7, 11) is 7.15. The molecule has 0 fully saturated rings. The highest BCUT2D eigenvalue weighted by molar-refractivity contribution is 8.78. The summed E-state index contributed by atoms with van der Waals surface area (Å²) in [6.45, 7) is 4.30. The van der Waals surface area contributed by atoms with Gasteiger partial charge in [-0.25, -0.2) is 0 Å². The van der Waals surface area contributed by atoms with Gasteiger partial charge in [0.05, 0.1) is 0 Å². The van der Waals surface area contributed by atoms with Gasteiger partial charge in [0.15, 0.2) is 5.03 Å². The zero-order valence-electron chi connectivity index (χ0n) is 7.35. The van der Waals surface area contributed by atoms with E-state index in [2.05, 4.69) is 23.4 Å². The van der Waals surface area contributed by atoms with Crippen LogP contribution in [0, 0.1) is 0 Å². The second-order valence-corrected chi connectivity index (χ2v) is 8.03. The lowest BCUT2D eigenvalue weighted by atomic mass is 11.0. The van der Waals surface area contributed by atoms with Crippen LogP contribution in [0.4, 0.5) is 0 Å². The molecule has 1 rings (SSSR count). The van der Waals surface area contributed by atoms with Crippen LogP contribution in [0.15, 0.2) is 9.24 Å². The first-order valence-corrected chi connectivity index (χ1v) is 9.20. The van der Waals surface area contributed by atoms with Crippen molar-refractivity contribution in [2.24, 2.45) is 0 Å². The molecule has 74 valence electrons. The molecular formula is C6H10N2S5. The highest BCUT2D eigenvalue weighted by Crippen LogP contribution is 2.42. The van der Waals surface area contributed by atoms with Crippen molar-refractivity contribution in [1.29, 1.82) is 0 Å². The Hall–Kier alpha value is 0.960. The number of nitrogens with zero attached hydrogens (tertiary/aromatic N) is 2. The van der Waals surface area contributed by atoms with E-state index in [0.717, 1.165) is 16.5 Å². The molecule has 0 spiro atoms. The molecule has 0 aliphatic carbocycles. The van der Waals surface area contributed by atoms with E-state index < -0.39 is 0 Å². The van der Waals surface area contributed by atoms with Crippen LogP contribution in [-0.4, -0.2) is 21.1 Å². The van der Waals surface area contributed by atoms with Crippen LogP contribution in [-0.2, 0) is 0 Å². The molecule has 0 saturated carbocycles. The van der Waals surface area contributed by atoms with E-state index in [1.54, 1.807) is 21.6 Å². The zero-order valence-corrected chi connectivity index (χ0v) is 11.4. The minimum atomic E-state index is 1.07. The Morgan fingerprint density at radius 3 is 2.54 bits per heavy atom. The van der Waals surface area contributed by atoms with Crippen LogP contribution in [0.1, 0.15) is 13.8 Å². The molecule has 1 heterocycles. The maximum Gasteiger partial charge on any atom is 0.156 e. The first-order valence-electron chi connectivity index (χ1n) is 3.79. The monoisotopic (exact) mass is 270 g/mol. The summed E-state index contributed by atoms with van der Waals surface area (Å²) >= 11 is 1.49. The third-order valence-electron chi connectivity index (χ3n) is 0.938. The molecule has 0 amide bonds. The Balaban J connectivity index is 2.45. The summed E-state index contributed by atoms with van der Waals surface area (Å²) in [5.74, 6) is 2.22. The Kier molecular flexibility index (Phi) is 6.74. The lowest BCUT2D eigenvalue weighted by Gasteiger charge is -1.96. The SMILES string of the molecule is CCSSc1nnsc1SSCC. The summed E-state index contributed by atoms with van der Waals surface area (Å²) in [5, 5.41) is 5.16. The van der Waals surface area contributed by atoms with Gasteiger partial charge in [-0.05, 0) is 33.1 Å². The van der Waals surface area contributed by atoms with Crippen LogP contribution in [0.25, 0.3) is 0 Å². The number of hydrogen-bond donors (Lipinski definition) is 0. The normalized spacial score (nSPS) is 10.6. The van der Waals surface area contributed by atoms with Gasteiger partial charge in [-0.15, -0.1) is 5.10 Å². The molecule has 7 heteroatoms. The summed E-state index contributed by atoms with van der Waals surface area (Å²) in [4.78, 5) is 0. The van der Waals surface area contributed by atoms with Crippen molar-refractivity contribution >= 4 is 54.7 Å². The molecule has 13 heavy (non-hydrogen) atoms. The van der Waals surface area contributed by atoms with E-state index in [0.29, 0.717) is 0 Å². The largest absolute Gasteiger partial charge is 0.156 e. The molecule has 0 bridgehead atoms. The predicted octanol–water partition coefficient (Wildman–Crippen LogP) is 4.06. The number of rotatable bonds is 6. The molecule has 0 radical (unpaired) electrons.